The van der Waals surface area contributed by atoms with E-state index in [2.05, 4.69) is 52.6 Å². The number of rotatable bonds is 19. The fraction of sp³-hybridized carbons (Fsp3) is 0.809. The van der Waals surface area contributed by atoms with Crippen LogP contribution in [-0.2, 0) is 37.6 Å². The number of likely N-dealkylation sites (N-methyl/N-ethyl adjacent to an activating group) is 1. The van der Waals surface area contributed by atoms with Gasteiger partial charge in [-0.05, 0) is 96.1 Å². The molecule has 2 saturated heterocycles. The molecular formula is C47H83N3O10Si. The Kier molecular flexibility index (Phi) is 21.5. The van der Waals surface area contributed by atoms with Crippen molar-refractivity contribution < 1.29 is 47.2 Å². The van der Waals surface area contributed by atoms with Gasteiger partial charge in [-0.3, -0.25) is 4.79 Å². The second-order valence-corrected chi connectivity index (χ2v) is 22.9. The lowest BCUT2D eigenvalue weighted by molar-refractivity contribution is -0.222. The topological polar surface area (TPSA) is 129 Å². The van der Waals surface area contributed by atoms with E-state index in [1.54, 1.807) is 19.0 Å². The van der Waals surface area contributed by atoms with E-state index in [-0.39, 0.29) is 60.6 Å². The molecule has 350 valence electrons. The summed E-state index contributed by atoms with van der Waals surface area (Å²) < 4.78 is 44.3. The molecule has 3 aliphatic heterocycles. The average molecular weight is 878 g/mol. The summed E-state index contributed by atoms with van der Waals surface area (Å²) in [5.41, 5.74) is -0.109. The van der Waals surface area contributed by atoms with Gasteiger partial charge in [0.1, 0.15) is 17.8 Å². The Morgan fingerprint density at radius 2 is 1.69 bits per heavy atom. The third-order valence-electron chi connectivity index (χ3n) is 13.1. The quantitative estimate of drug-likeness (QED) is 0.0235. The molecule has 0 radical (unpaired) electrons. The van der Waals surface area contributed by atoms with Crippen LogP contribution >= 0.6 is 0 Å². The molecule has 0 spiro atoms. The zero-order valence-electron chi connectivity index (χ0n) is 40.3. The van der Waals surface area contributed by atoms with Crippen molar-refractivity contribution in [3.63, 3.8) is 0 Å². The number of carbonyl (C=O) groups excluding carboxylic acids is 3. The van der Waals surface area contributed by atoms with E-state index in [1.165, 1.54) is 4.90 Å². The van der Waals surface area contributed by atoms with Gasteiger partial charge in [0.05, 0.1) is 24.7 Å². The number of allylic oxidation sites excluding steroid dienone is 3. The first-order valence-electron chi connectivity index (χ1n) is 23.2. The van der Waals surface area contributed by atoms with Gasteiger partial charge in [0.25, 0.3) is 0 Å². The lowest BCUT2D eigenvalue weighted by Gasteiger charge is -2.41. The molecule has 13 nitrogen and oxygen atoms in total. The maximum Gasteiger partial charge on any atom is 0.410 e. The molecule has 0 saturated carbocycles. The molecule has 11 atom stereocenters. The molecule has 3 aliphatic rings. The van der Waals surface area contributed by atoms with Crippen LogP contribution in [0.15, 0.2) is 36.0 Å². The highest BCUT2D eigenvalue weighted by Gasteiger charge is 2.47. The smallest absolute Gasteiger partial charge is 0.410 e. The molecule has 3 rings (SSSR count). The number of cyclic esters (lactones) is 1. The van der Waals surface area contributed by atoms with Crippen molar-refractivity contribution in [2.75, 3.05) is 53.9 Å². The number of piperazine rings is 1. The van der Waals surface area contributed by atoms with Crippen LogP contribution in [0.2, 0.25) is 18.1 Å². The van der Waals surface area contributed by atoms with Gasteiger partial charge in [-0.25, -0.2) is 9.59 Å². The Bertz CT molecular complexity index is 1460. The van der Waals surface area contributed by atoms with E-state index in [0.717, 1.165) is 49.6 Å². The second-order valence-electron chi connectivity index (χ2n) is 18.2. The van der Waals surface area contributed by atoms with Crippen molar-refractivity contribution >= 4 is 26.5 Å². The molecule has 61 heavy (non-hydrogen) atoms. The predicted molar refractivity (Wildman–Crippen MR) is 243 cm³/mol. The molecule has 3 heterocycles. The standard InChI is InChI=1S/C47H83N3O10Si/c1-15-39(56-45(52)48(12)13)36(9)44-40(55-44)31-33(6)21-20-22-34(7)43-35(8)23-24-41(57-46(53)50-29-27-49(14)28-30-50)47(11,59-37(10)54-16-2)26-25-38(32-42(51)58-43)60-61(17-3,18-4)19-5/h20-24,33,35-41,43-44H,15-19,25-32H2,1-14H3/b21-20+,24-23+,34-22+. The molecule has 14 heteroatoms. The van der Waals surface area contributed by atoms with E-state index in [9.17, 15) is 14.4 Å². The number of nitrogens with zero attached hydrogens (tertiary/aromatic N) is 3. The van der Waals surface area contributed by atoms with E-state index >= 15 is 0 Å². The summed E-state index contributed by atoms with van der Waals surface area (Å²) in [6.45, 7) is 25.8. The first kappa shape index (κ1) is 52.6. The monoisotopic (exact) mass is 878 g/mol. The van der Waals surface area contributed by atoms with Crippen LogP contribution in [0, 0.1) is 17.8 Å². The van der Waals surface area contributed by atoms with Crippen LogP contribution in [0.4, 0.5) is 9.59 Å². The minimum absolute atomic E-state index is 0.0446. The highest BCUT2D eigenvalue weighted by molar-refractivity contribution is 6.73. The molecule has 2 fully saturated rings. The molecule has 0 aromatic carbocycles. The van der Waals surface area contributed by atoms with Crippen LogP contribution in [0.25, 0.3) is 0 Å². The van der Waals surface area contributed by atoms with Crippen molar-refractivity contribution in [2.45, 2.75) is 175 Å². The van der Waals surface area contributed by atoms with Crippen molar-refractivity contribution in [3.8, 4) is 0 Å². The number of epoxide rings is 1. The van der Waals surface area contributed by atoms with Crippen molar-refractivity contribution in [2.24, 2.45) is 17.8 Å². The van der Waals surface area contributed by atoms with Gasteiger partial charge in [-0.1, -0.05) is 72.8 Å². The van der Waals surface area contributed by atoms with Crippen LogP contribution in [0.5, 0.6) is 0 Å². The third kappa shape index (κ3) is 16.1. The largest absolute Gasteiger partial charge is 0.457 e. The molecule has 0 bridgehead atoms. The summed E-state index contributed by atoms with van der Waals surface area (Å²) in [7, 11) is 3.29. The fourth-order valence-corrected chi connectivity index (χ4v) is 11.5. The molecule has 0 aliphatic carbocycles. The Morgan fingerprint density at radius 1 is 1.03 bits per heavy atom. The minimum Gasteiger partial charge on any atom is -0.457 e. The SMILES string of the molecule is CCOC(C)OC1(C)CCC(O[Si](CC)(CC)CC)CC(=O)OC(/C(C)=C/C=C/C(C)CC2OC2C(C)C(CC)OC(=O)N(C)C)C(C)/C=C/C1OC(=O)N1CCN(C)CC1. The summed E-state index contributed by atoms with van der Waals surface area (Å²) in [5, 5.41) is 0. The van der Waals surface area contributed by atoms with Gasteiger partial charge >= 0.3 is 18.2 Å². The summed E-state index contributed by atoms with van der Waals surface area (Å²) in [5.74, 6) is -0.265. The summed E-state index contributed by atoms with van der Waals surface area (Å²) in [6.07, 6.45) is 9.67. The van der Waals surface area contributed by atoms with Crippen molar-refractivity contribution in [3.05, 3.63) is 36.0 Å². The van der Waals surface area contributed by atoms with Gasteiger partial charge in [0.2, 0.25) is 0 Å². The summed E-state index contributed by atoms with van der Waals surface area (Å²) in [6, 6.07) is 2.83. The van der Waals surface area contributed by atoms with Crippen LogP contribution in [0.1, 0.15) is 108 Å². The second kappa shape index (κ2) is 24.9. The van der Waals surface area contributed by atoms with E-state index < -0.39 is 38.5 Å². The molecule has 2 amide bonds. The summed E-state index contributed by atoms with van der Waals surface area (Å²) >= 11 is 0. The Labute approximate surface area is 370 Å². The number of carbonyl (C=O) groups is 3. The van der Waals surface area contributed by atoms with Gasteiger partial charge < -0.3 is 47.5 Å². The molecular weight excluding hydrogens is 795 g/mol. The van der Waals surface area contributed by atoms with E-state index in [0.29, 0.717) is 32.5 Å². The van der Waals surface area contributed by atoms with Gasteiger partial charge in [0.15, 0.2) is 20.7 Å². The maximum atomic E-state index is 14.0. The number of hydrogen-bond donors (Lipinski definition) is 0. The van der Waals surface area contributed by atoms with Crippen molar-refractivity contribution in [1.29, 1.82) is 0 Å². The molecule has 11 unspecified atom stereocenters. The highest BCUT2D eigenvalue weighted by atomic mass is 28.4. The lowest BCUT2D eigenvalue weighted by Crippen LogP contribution is -2.52. The number of hydrogen-bond acceptors (Lipinski definition) is 11. The molecule has 0 N–H and O–H groups in total. The van der Waals surface area contributed by atoms with Crippen LogP contribution in [0.3, 0.4) is 0 Å². The van der Waals surface area contributed by atoms with Crippen LogP contribution in [-0.4, -0.2) is 144 Å². The van der Waals surface area contributed by atoms with Gasteiger partial charge in [-0.2, -0.15) is 0 Å². The van der Waals surface area contributed by atoms with E-state index in [4.69, 9.17) is 32.8 Å². The van der Waals surface area contributed by atoms with Crippen molar-refractivity contribution in [1.82, 2.24) is 14.7 Å². The molecule has 0 aromatic heterocycles. The first-order valence-corrected chi connectivity index (χ1v) is 25.7. The number of ether oxygens (including phenoxy) is 6. The molecule has 0 aromatic rings. The Balaban J connectivity index is 1.92. The summed E-state index contributed by atoms with van der Waals surface area (Å²) in [4.78, 5) is 45.5. The highest BCUT2D eigenvalue weighted by Crippen LogP contribution is 2.38. The number of esters is 1. The first-order chi connectivity index (χ1) is 28.8. The minimum atomic E-state index is -2.14. The maximum absolute atomic E-state index is 14.0. The Hall–Kier alpha value is -2.75. The predicted octanol–water partition coefficient (Wildman–Crippen LogP) is 8.98. The zero-order chi connectivity index (χ0) is 45.5. The zero-order valence-corrected chi connectivity index (χ0v) is 41.3. The normalized spacial score (nSPS) is 29.7. The lowest BCUT2D eigenvalue weighted by atomic mass is 9.88. The third-order valence-corrected chi connectivity index (χ3v) is 17.8. The van der Waals surface area contributed by atoms with Gasteiger partial charge in [-0.15, -0.1) is 0 Å². The average Bonchev–Trinajstić information content (AvgIpc) is 3.99. The number of amides is 2. The fourth-order valence-electron chi connectivity index (χ4n) is 8.58. The Morgan fingerprint density at radius 3 is 2.28 bits per heavy atom. The van der Waals surface area contributed by atoms with Gasteiger partial charge in [0, 0.05) is 58.7 Å². The van der Waals surface area contributed by atoms with E-state index in [1.807, 2.05) is 65.8 Å². The van der Waals surface area contributed by atoms with Crippen LogP contribution < -0.4 is 0 Å².